The van der Waals surface area contributed by atoms with Crippen LogP contribution in [0.4, 0.5) is 0 Å². The zero-order valence-corrected chi connectivity index (χ0v) is 12.9. The molecule has 0 unspecified atom stereocenters. The molecule has 0 aromatic carbocycles. The number of rotatable bonds is 9. The van der Waals surface area contributed by atoms with Crippen LogP contribution in [0.25, 0.3) is 0 Å². The van der Waals surface area contributed by atoms with E-state index in [-0.39, 0.29) is 18.3 Å². The van der Waals surface area contributed by atoms with Crippen molar-refractivity contribution in [1.82, 2.24) is 10.2 Å². The molecule has 0 bridgehead atoms. The number of halogens is 1. The van der Waals surface area contributed by atoms with Gasteiger partial charge in [-0.2, -0.15) is 0 Å². The van der Waals surface area contributed by atoms with E-state index in [0.717, 1.165) is 25.4 Å². The molecule has 0 spiro atoms. The van der Waals surface area contributed by atoms with Gasteiger partial charge in [-0.05, 0) is 45.6 Å². The van der Waals surface area contributed by atoms with Crippen molar-refractivity contribution in [3.8, 4) is 0 Å². The summed E-state index contributed by atoms with van der Waals surface area (Å²) in [6.07, 6.45) is 6.23. The maximum Gasteiger partial charge on any atom is 0.236 e. The minimum Gasteiger partial charge on any atom is -0.339 e. The molecule has 0 atom stereocenters. The van der Waals surface area contributed by atoms with Crippen LogP contribution in [0.3, 0.4) is 0 Å². The predicted molar refractivity (Wildman–Crippen MR) is 79.2 cm³/mol. The van der Waals surface area contributed by atoms with Crippen LogP contribution in [0.5, 0.6) is 0 Å². The number of carbonyl (C=O) groups excluding carboxylic acids is 1. The van der Waals surface area contributed by atoms with Crippen LogP contribution in [-0.2, 0) is 4.79 Å². The molecule has 0 saturated heterocycles. The quantitative estimate of drug-likeness (QED) is 0.657. The van der Waals surface area contributed by atoms with Gasteiger partial charge < -0.3 is 10.2 Å². The van der Waals surface area contributed by atoms with E-state index in [4.69, 9.17) is 0 Å². The SMILES string of the molecule is CCCCCN(C(=O)CNCC1CC1)C(C)C.Cl. The summed E-state index contributed by atoms with van der Waals surface area (Å²) in [5, 5.41) is 3.28. The molecule has 1 fully saturated rings. The van der Waals surface area contributed by atoms with Crippen molar-refractivity contribution in [2.75, 3.05) is 19.6 Å². The van der Waals surface area contributed by atoms with Crippen molar-refractivity contribution >= 4 is 18.3 Å². The van der Waals surface area contributed by atoms with Crippen LogP contribution >= 0.6 is 12.4 Å². The van der Waals surface area contributed by atoms with E-state index in [1.165, 1.54) is 25.7 Å². The molecule has 3 nitrogen and oxygen atoms in total. The van der Waals surface area contributed by atoms with E-state index < -0.39 is 0 Å². The van der Waals surface area contributed by atoms with Crippen molar-refractivity contribution in [3.05, 3.63) is 0 Å². The number of carbonyl (C=O) groups is 1. The highest BCUT2D eigenvalue weighted by Gasteiger charge is 2.21. The molecule has 1 saturated carbocycles. The van der Waals surface area contributed by atoms with E-state index in [0.29, 0.717) is 12.6 Å². The molecule has 0 aromatic rings. The summed E-state index contributed by atoms with van der Waals surface area (Å²) >= 11 is 0. The summed E-state index contributed by atoms with van der Waals surface area (Å²) in [5.74, 6) is 1.10. The van der Waals surface area contributed by atoms with Crippen LogP contribution < -0.4 is 5.32 Å². The number of amides is 1. The average Bonchev–Trinajstić information content (AvgIpc) is 3.07. The molecule has 0 aromatic heterocycles. The Morgan fingerprint density at radius 2 is 2.00 bits per heavy atom. The Bertz CT molecular complexity index is 230. The zero-order valence-electron chi connectivity index (χ0n) is 12.1. The minimum absolute atomic E-state index is 0. The Kier molecular flexibility index (Phi) is 9.47. The zero-order chi connectivity index (χ0) is 12.7. The first-order chi connectivity index (χ1) is 8.15. The molecular weight excluding hydrogens is 248 g/mol. The summed E-state index contributed by atoms with van der Waals surface area (Å²) in [7, 11) is 0. The first-order valence-corrected chi connectivity index (χ1v) is 7.15. The molecule has 1 amide bonds. The summed E-state index contributed by atoms with van der Waals surface area (Å²) in [6, 6.07) is 0.321. The number of hydrogen-bond acceptors (Lipinski definition) is 2. The molecule has 1 N–H and O–H groups in total. The van der Waals surface area contributed by atoms with Gasteiger partial charge in [0.2, 0.25) is 5.91 Å². The molecule has 0 aliphatic heterocycles. The fourth-order valence-corrected chi connectivity index (χ4v) is 2.01. The van der Waals surface area contributed by atoms with E-state index in [2.05, 4.69) is 26.1 Å². The van der Waals surface area contributed by atoms with Crippen molar-refractivity contribution in [2.24, 2.45) is 5.92 Å². The van der Waals surface area contributed by atoms with Crippen molar-refractivity contribution in [2.45, 2.75) is 58.9 Å². The van der Waals surface area contributed by atoms with Gasteiger partial charge in [-0.15, -0.1) is 12.4 Å². The first kappa shape index (κ1) is 17.7. The van der Waals surface area contributed by atoms with Gasteiger partial charge in [-0.1, -0.05) is 19.8 Å². The first-order valence-electron chi connectivity index (χ1n) is 7.15. The third-order valence-corrected chi connectivity index (χ3v) is 3.35. The third-order valence-electron chi connectivity index (χ3n) is 3.35. The fourth-order valence-electron chi connectivity index (χ4n) is 2.01. The molecule has 18 heavy (non-hydrogen) atoms. The second-order valence-electron chi connectivity index (χ2n) is 5.46. The van der Waals surface area contributed by atoms with Gasteiger partial charge in [-0.25, -0.2) is 0 Å². The molecule has 1 aliphatic rings. The fraction of sp³-hybridized carbons (Fsp3) is 0.929. The van der Waals surface area contributed by atoms with Gasteiger partial charge in [0, 0.05) is 12.6 Å². The Labute approximate surface area is 118 Å². The van der Waals surface area contributed by atoms with Gasteiger partial charge in [0.15, 0.2) is 0 Å². The summed E-state index contributed by atoms with van der Waals surface area (Å²) in [5.41, 5.74) is 0. The molecule has 1 aliphatic carbocycles. The number of nitrogens with one attached hydrogen (secondary N) is 1. The minimum atomic E-state index is 0. The van der Waals surface area contributed by atoms with E-state index in [1.54, 1.807) is 0 Å². The van der Waals surface area contributed by atoms with Gasteiger partial charge >= 0.3 is 0 Å². The van der Waals surface area contributed by atoms with E-state index in [1.807, 2.05) is 4.90 Å². The van der Waals surface area contributed by atoms with Crippen LogP contribution in [-0.4, -0.2) is 36.5 Å². The lowest BCUT2D eigenvalue weighted by atomic mass is 10.2. The molecule has 0 radical (unpaired) electrons. The lowest BCUT2D eigenvalue weighted by molar-refractivity contribution is -0.132. The molecular formula is C14H29ClN2O. The second kappa shape index (κ2) is 9.62. The Morgan fingerprint density at radius 3 is 2.50 bits per heavy atom. The van der Waals surface area contributed by atoms with E-state index >= 15 is 0 Å². The molecule has 4 heteroatoms. The van der Waals surface area contributed by atoms with Gasteiger partial charge in [0.1, 0.15) is 0 Å². The highest BCUT2D eigenvalue weighted by atomic mass is 35.5. The van der Waals surface area contributed by atoms with Gasteiger partial charge in [0.05, 0.1) is 6.54 Å². The smallest absolute Gasteiger partial charge is 0.236 e. The van der Waals surface area contributed by atoms with Crippen molar-refractivity contribution in [3.63, 3.8) is 0 Å². The summed E-state index contributed by atoms with van der Waals surface area (Å²) in [6.45, 7) is 8.84. The normalized spacial score (nSPS) is 14.4. The van der Waals surface area contributed by atoms with Crippen LogP contribution in [0.1, 0.15) is 52.9 Å². The second-order valence-corrected chi connectivity index (χ2v) is 5.46. The lowest BCUT2D eigenvalue weighted by Crippen LogP contribution is -2.43. The summed E-state index contributed by atoms with van der Waals surface area (Å²) < 4.78 is 0. The third kappa shape index (κ3) is 7.22. The average molecular weight is 277 g/mol. The maximum atomic E-state index is 12.0. The van der Waals surface area contributed by atoms with Crippen LogP contribution in [0, 0.1) is 5.92 Å². The van der Waals surface area contributed by atoms with Gasteiger partial charge in [0.25, 0.3) is 0 Å². The van der Waals surface area contributed by atoms with Crippen molar-refractivity contribution < 1.29 is 4.79 Å². The number of unbranched alkanes of at least 4 members (excludes halogenated alkanes) is 2. The molecule has 108 valence electrons. The topological polar surface area (TPSA) is 32.3 Å². The van der Waals surface area contributed by atoms with Crippen LogP contribution in [0.2, 0.25) is 0 Å². The Hall–Kier alpha value is -0.280. The maximum absolute atomic E-state index is 12.0. The van der Waals surface area contributed by atoms with Crippen LogP contribution in [0.15, 0.2) is 0 Å². The number of hydrogen-bond donors (Lipinski definition) is 1. The van der Waals surface area contributed by atoms with Gasteiger partial charge in [-0.3, -0.25) is 4.79 Å². The molecule has 1 rings (SSSR count). The highest BCUT2D eigenvalue weighted by Crippen LogP contribution is 2.27. The standard InChI is InChI=1S/C14H28N2O.ClH/c1-4-5-6-9-16(12(2)3)14(17)11-15-10-13-7-8-13;/h12-13,15H,4-11H2,1-3H3;1H. The lowest BCUT2D eigenvalue weighted by Gasteiger charge is -2.27. The van der Waals surface area contributed by atoms with E-state index in [9.17, 15) is 4.79 Å². The summed E-state index contributed by atoms with van der Waals surface area (Å²) in [4.78, 5) is 14.1. The Balaban J connectivity index is 0.00000289. The highest BCUT2D eigenvalue weighted by molar-refractivity contribution is 5.85. The molecule has 0 heterocycles. The Morgan fingerprint density at radius 1 is 1.33 bits per heavy atom. The number of nitrogens with zero attached hydrogens (tertiary/aromatic N) is 1. The predicted octanol–water partition coefficient (Wildman–Crippen LogP) is 2.84. The largest absolute Gasteiger partial charge is 0.339 e. The monoisotopic (exact) mass is 276 g/mol. The van der Waals surface area contributed by atoms with Crippen molar-refractivity contribution in [1.29, 1.82) is 0 Å².